The Bertz CT molecular complexity index is 706. The second kappa shape index (κ2) is 7.25. The van der Waals surface area contributed by atoms with Crippen LogP contribution >= 0.6 is 11.8 Å². The molecular formula is C17H22N6S. The molecule has 0 radical (unpaired) electrons. The summed E-state index contributed by atoms with van der Waals surface area (Å²) in [6.07, 6.45) is 20.5. The molecule has 3 aromatic rings. The standard InChI is InChI=1S/C17H22N6S/c1-2-4-16(24-10-14-9-20-11-21-14)17(23-8-6-19-13-23)15(3-1)22-7-5-18-12-22/h5-9,11-13,15-17H,1-4,10H2,(H,20,21). The highest BCUT2D eigenvalue weighted by atomic mass is 32.2. The Kier molecular flexibility index (Phi) is 4.69. The van der Waals surface area contributed by atoms with E-state index in [1.807, 2.05) is 43.0 Å². The topological polar surface area (TPSA) is 64.3 Å². The lowest BCUT2D eigenvalue weighted by atomic mass is 10.0. The van der Waals surface area contributed by atoms with Crippen molar-refractivity contribution < 1.29 is 0 Å². The Balaban J connectivity index is 1.61. The fraction of sp³-hybridized carbons (Fsp3) is 0.471. The zero-order chi connectivity index (χ0) is 16.2. The number of hydrogen-bond acceptors (Lipinski definition) is 4. The monoisotopic (exact) mass is 342 g/mol. The van der Waals surface area contributed by atoms with Gasteiger partial charge in [-0.2, -0.15) is 0 Å². The Morgan fingerprint density at radius 2 is 1.83 bits per heavy atom. The first-order valence-electron chi connectivity index (χ1n) is 8.45. The van der Waals surface area contributed by atoms with Gasteiger partial charge < -0.3 is 14.1 Å². The summed E-state index contributed by atoms with van der Waals surface area (Å²) in [7, 11) is 0. The summed E-state index contributed by atoms with van der Waals surface area (Å²) in [6.45, 7) is 0. The largest absolute Gasteiger partial charge is 0.348 e. The summed E-state index contributed by atoms with van der Waals surface area (Å²) in [6, 6.07) is 0.806. The number of hydrogen-bond donors (Lipinski definition) is 1. The maximum atomic E-state index is 4.30. The van der Waals surface area contributed by atoms with Crippen molar-refractivity contribution in [3.05, 3.63) is 55.7 Å². The van der Waals surface area contributed by atoms with Gasteiger partial charge in [-0.05, 0) is 12.8 Å². The maximum Gasteiger partial charge on any atom is 0.0949 e. The van der Waals surface area contributed by atoms with Crippen molar-refractivity contribution in [2.24, 2.45) is 0 Å². The van der Waals surface area contributed by atoms with E-state index in [0.29, 0.717) is 17.3 Å². The van der Waals surface area contributed by atoms with Crippen molar-refractivity contribution in [2.75, 3.05) is 0 Å². The van der Waals surface area contributed by atoms with Crippen LogP contribution in [0.25, 0.3) is 0 Å². The lowest BCUT2D eigenvalue weighted by molar-refractivity contribution is 0.313. The lowest BCUT2D eigenvalue weighted by Gasteiger charge is -2.33. The molecule has 0 bridgehead atoms. The lowest BCUT2D eigenvalue weighted by Crippen LogP contribution is -2.29. The first kappa shape index (κ1) is 15.5. The molecule has 1 saturated carbocycles. The predicted molar refractivity (Wildman–Crippen MR) is 94.7 cm³/mol. The van der Waals surface area contributed by atoms with Gasteiger partial charge in [0.25, 0.3) is 0 Å². The van der Waals surface area contributed by atoms with E-state index < -0.39 is 0 Å². The van der Waals surface area contributed by atoms with Gasteiger partial charge in [0.1, 0.15) is 0 Å². The van der Waals surface area contributed by atoms with Crippen molar-refractivity contribution >= 4 is 11.8 Å². The minimum atomic E-state index is 0.386. The third-order valence-corrected chi connectivity index (χ3v) is 6.22. The molecule has 24 heavy (non-hydrogen) atoms. The smallest absolute Gasteiger partial charge is 0.0949 e. The first-order valence-corrected chi connectivity index (χ1v) is 9.50. The third-order valence-electron chi connectivity index (χ3n) is 4.80. The summed E-state index contributed by atoms with van der Waals surface area (Å²) >= 11 is 2.02. The Labute approximate surface area is 145 Å². The van der Waals surface area contributed by atoms with Crippen molar-refractivity contribution in [3.8, 4) is 0 Å². The van der Waals surface area contributed by atoms with Crippen LogP contribution in [-0.2, 0) is 5.75 Å². The fourth-order valence-corrected chi connectivity index (χ4v) is 5.06. The molecule has 0 aromatic carbocycles. The average molecular weight is 342 g/mol. The molecule has 6 nitrogen and oxygen atoms in total. The summed E-state index contributed by atoms with van der Waals surface area (Å²) in [5.74, 6) is 0.965. The number of H-pyrrole nitrogens is 1. The zero-order valence-corrected chi connectivity index (χ0v) is 14.3. The van der Waals surface area contributed by atoms with Crippen LogP contribution in [0.5, 0.6) is 0 Å². The number of nitrogens with zero attached hydrogens (tertiary/aromatic N) is 5. The molecule has 4 rings (SSSR count). The van der Waals surface area contributed by atoms with E-state index in [1.165, 1.54) is 31.4 Å². The van der Waals surface area contributed by atoms with Gasteiger partial charge in [-0.1, -0.05) is 12.8 Å². The molecular weight excluding hydrogens is 320 g/mol. The number of nitrogens with one attached hydrogen (secondary N) is 1. The second-order valence-electron chi connectivity index (χ2n) is 6.29. The van der Waals surface area contributed by atoms with Crippen LogP contribution in [-0.4, -0.2) is 34.3 Å². The molecule has 3 aromatic heterocycles. The molecule has 0 amide bonds. The van der Waals surface area contributed by atoms with Crippen molar-refractivity contribution in [3.63, 3.8) is 0 Å². The van der Waals surface area contributed by atoms with Gasteiger partial charge in [-0.25, -0.2) is 15.0 Å². The van der Waals surface area contributed by atoms with E-state index in [0.717, 1.165) is 5.75 Å². The van der Waals surface area contributed by atoms with E-state index in [9.17, 15) is 0 Å². The maximum absolute atomic E-state index is 4.30. The number of thioether (sulfide) groups is 1. The van der Waals surface area contributed by atoms with Crippen LogP contribution in [0.2, 0.25) is 0 Å². The average Bonchev–Trinajstić information content (AvgIpc) is 3.35. The highest BCUT2D eigenvalue weighted by Gasteiger charge is 2.34. The molecule has 3 heterocycles. The van der Waals surface area contributed by atoms with Crippen LogP contribution in [0.1, 0.15) is 43.5 Å². The van der Waals surface area contributed by atoms with Crippen molar-refractivity contribution in [1.82, 2.24) is 29.1 Å². The molecule has 0 aliphatic heterocycles. The molecule has 7 heteroatoms. The van der Waals surface area contributed by atoms with E-state index in [2.05, 4.69) is 41.5 Å². The van der Waals surface area contributed by atoms with Crippen LogP contribution < -0.4 is 0 Å². The Morgan fingerprint density at radius 1 is 1.04 bits per heavy atom. The van der Waals surface area contributed by atoms with E-state index in [-0.39, 0.29) is 0 Å². The third kappa shape index (κ3) is 3.26. The van der Waals surface area contributed by atoms with Crippen LogP contribution in [0.15, 0.2) is 50.0 Å². The van der Waals surface area contributed by atoms with Gasteiger partial charge in [0.05, 0.1) is 31.1 Å². The SMILES string of the molecule is c1cn(C2CCCCC(SCc3cnc[nH]3)C2n2ccnc2)cn1. The molecule has 1 fully saturated rings. The first-order chi connectivity index (χ1) is 11.9. The van der Waals surface area contributed by atoms with Gasteiger partial charge in [0.15, 0.2) is 0 Å². The van der Waals surface area contributed by atoms with Crippen molar-refractivity contribution in [2.45, 2.75) is 48.8 Å². The molecule has 0 spiro atoms. The van der Waals surface area contributed by atoms with Crippen molar-refractivity contribution in [1.29, 1.82) is 0 Å². The molecule has 1 aliphatic rings. The summed E-state index contributed by atoms with van der Waals surface area (Å²) < 4.78 is 4.57. The number of rotatable bonds is 5. The Hall–Kier alpha value is -2.02. The molecule has 126 valence electrons. The van der Waals surface area contributed by atoms with Crippen LogP contribution in [0.4, 0.5) is 0 Å². The number of imidazole rings is 3. The fourth-order valence-electron chi connectivity index (χ4n) is 3.66. The zero-order valence-electron chi connectivity index (χ0n) is 13.5. The van der Waals surface area contributed by atoms with Crippen LogP contribution in [0, 0.1) is 0 Å². The molecule has 3 unspecified atom stereocenters. The van der Waals surface area contributed by atoms with Gasteiger partial charge in [0, 0.05) is 47.7 Å². The minimum absolute atomic E-state index is 0.386. The van der Waals surface area contributed by atoms with Gasteiger partial charge in [0.2, 0.25) is 0 Å². The molecule has 3 atom stereocenters. The predicted octanol–water partition coefficient (Wildman–Crippen LogP) is 3.46. The van der Waals surface area contributed by atoms with E-state index >= 15 is 0 Å². The quantitative estimate of drug-likeness (QED) is 0.721. The summed E-state index contributed by atoms with van der Waals surface area (Å²) in [5.41, 5.74) is 1.19. The number of aromatic amines is 1. The highest BCUT2D eigenvalue weighted by Crippen LogP contribution is 2.42. The van der Waals surface area contributed by atoms with E-state index in [4.69, 9.17) is 0 Å². The normalized spacial score (nSPS) is 24.8. The summed E-state index contributed by atoms with van der Waals surface area (Å²) in [5, 5.41) is 0.539. The highest BCUT2D eigenvalue weighted by molar-refractivity contribution is 7.99. The second-order valence-corrected chi connectivity index (χ2v) is 7.52. The van der Waals surface area contributed by atoms with Gasteiger partial charge in [-0.3, -0.25) is 0 Å². The Morgan fingerprint density at radius 3 is 2.54 bits per heavy atom. The minimum Gasteiger partial charge on any atom is -0.348 e. The molecule has 1 aliphatic carbocycles. The van der Waals surface area contributed by atoms with Gasteiger partial charge in [-0.15, -0.1) is 11.8 Å². The number of aromatic nitrogens is 6. The summed E-state index contributed by atoms with van der Waals surface area (Å²) in [4.78, 5) is 15.9. The van der Waals surface area contributed by atoms with Gasteiger partial charge >= 0.3 is 0 Å². The van der Waals surface area contributed by atoms with Crippen LogP contribution in [0.3, 0.4) is 0 Å². The molecule has 0 saturated heterocycles. The molecule has 1 N–H and O–H groups in total. The van der Waals surface area contributed by atoms with E-state index in [1.54, 1.807) is 6.33 Å².